The topological polar surface area (TPSA) is 40.5 Å². The second-order valence-corrected chi connectivity index (χ2v) is 3.99. The molecule has 0 unspecified atom stereocenters. The van der Waals surface area contributed by atoms with Gasteiger partial charge in [0.25, 0.3) is 0 Å². The molecule has 76 valence electrons. The van der Waals surface area contributed by atoms with Gasteiger partial charge in [0.15, 0.2) is 0 Å². The predicted octanol–water partition coefficient (Wildman–Crippen LogP) is 1.02. The second-order valence-electron chi connectivity index (χ2n) is 3.99. The zero-order valence-corrected chi connectivity index (χ0v) is 8.49. The Morgan fingerprint density at radius 1 is 1.38 bits per heavy atom. The van der Waals surface area contributed by atoms with Crippen molar-refractivity contribution in [3.8, 4) is 0 Å². The SMILES string of the molecule is CC(=O)N(C)C1CCC(CO)CC1. The molecule has 1 saturated carbocycles. The van der Waals surface area contributed by atoms with Gasteiger partial charge in [-0.1, -0.05) is 0 Å². The number of carbonyl (C=O) groups excluding carboxylic acids is 1. The summed E-state index contributed by atoms with van der Waals surface area (Å²) in [6.07, 6.45) is 4.19. The minimum atomic E-state index is 0.146. The van der Waals surface area contributed by atoms with Crippen molar-refractivity contribution in [3.63, 3.8) is 0 Å². The van der Waals surface area contributed by atoms with E-state index in [0.29, 0.717) is 18.6 Å². The molecular formula is C10H19NO2. The lowest BCUT2D eigenvalue weighted by atomic mass is 9.86. The van der Waals surface area contributed by atoms with Gasteiger partial charge in [0.2, 0.25) is 5.91 Å². The molecule has 0 bridgehead atoms. The fourth-order valence-corrected chi connectivity index (χ4v) is 1.97. The Balaban J connectivity index is 2.36. The lowest BCUT2D eigenvalue weighted by Crippen LogP contribution is -2.38. The molecule has 0 aromatic carbocycles. The van der Waals surface area contributed by atoms with Crippen molar-refractivity contribution >= 4 is 5.91 Å². The Labute approximate surface area is 79.7 Å². The summed E-state index contributed by atoms with van der Waals surface area (Å²) in [4.78, 5) is 12.9. The van der Waals surface area contributed by atoms with E-state index >= 15 is 0 Å². The maximum atomic E-state index is 11.1. The van der Waals surface area contributed by atoms with Gasteiger partial charge in [-0.3, -0.25) is 4.79 Å². The molecule has 0 aromatic heterocycles. The zero-order valence-electron chi connectivity index (χ0n) is 8.49. The number of aliphatic hydroxyl groups excluding tert-OH is 1. The van der Waals surface area contributed by atoms with Crippen molar-refractivity contribution in [2.24, 2.45) is 5.92 Å². The summed E-state index contributed by atoms with van der Waals surface area (Å²) in [7, 11) is 1.87. The number of rotatable bonds is 2. The van der Waals surface area contributed by atoms with E-state index in [1.807, 2.05) is 11.9 Å². The quantitative estimate of drug-likeness (QED) is 0.697. The van der Waals surface area contributed by atoms with Gasteiger partial charge in [-0.2, -0.15) is 0 Å². The standard InChI is InChI=1S/C10H19NO2/c1-8(13)11(2)10-5-3-9(7-12)4-6-10/h9-10,12H,3-7H2,1-2H3. The molecule has 0 radical (unpaired) electrons. The molecular weight excluding hydrogens is 166 g/mol. The van der Waals surface area contributed by atoms with Crippen molar-refractivity contribution in [3.05, 3.63) is 0 Å². The third kappa shape index (κ3) is 2.69. The van der Waals surface area contributed by atoms with Crippen LogP contribution in [0, 0.1) is 5.92 Å². The van der Waals surface area contributed by atoms with Gasteiger partial charge in [0.1, 0.15) is 0 Å². The van der Waals surface area contributed by atoms with Crippen LogP contribution in [0.5, 0.6) is 0 Å². The van der Waals surface area contributed by atoms with Gasteiger partial charge >= 0.3 is 0 Å². The molecule has 0 aliphatic heterocycles. The summed E-state index contributed by atoms with van der Waals surface area (Å²) in [6, 6.07) is 0.403. The molecule has 1 aliphatic rings. The van der Waals surface area contributed by atoms with Crippen molar-refractivity contribution < 1.29 is 9.90 Å². The molecule has 0 spiro atoms. The normalized spacial score (nSPS) is 28.5. The highest BCUT2D eigenvalue weighted by molar-refractivity contribution is 5.73. The zero-order chi connectivity index (χ0) is 9.84. The minimum Gasteiger partial charge on any atom is -0.396 e. The highest BCUT2D eigenvalue weighted by Gasteiger charge is 2.24. The van der Waals surface area contributed by atoms with E-state index in [9.17, 15) is 4.79 Å². The first-order valence-electron chi connectivity index (χ1n) is 4.99. The highest BCUT2D eigenvalue weighted by Crippen LogP contribution is 2.26. The molecule has 1 aliphatic carbocycles. The van der Waals surface area contributed by atoms with Gasteiger partial charge in [0, 0.05) is 26.6 Å². The van der Waals surface area contributed by atoms with Crippen molar-refractivity contribution in [1.29, 1.82) is 0 Å². The van der Waals surface area contributed by atoms with Gasteiger partial charge in [-0.25, -0.2) is 0 Å². The van der Waals surface area contributed by atoms with E-state index in [-0.39, 0.29) is 5.91 Å². The molecule has 0 atom stereocenters. The van der Waals surface area contributed by atoms with E-state index in [1.54, 1.807) is 6.92 Å². The van der Waals surface area contributed by atoms with E-state index in [0.717, 1.165) is 25.7 Å². The van der Waals surface area contributed by atoms with Crippen LogP contribution in [0.25, 0.3) is 0 Å². The van der Waals surface area contributed by atoms with Crippen molar-refractivity contribution in [2.45, 2.75) is 38.6 Å². The highest BCUT2D eigenvalue weighted by atomic mass is 16.3. The lowest BCUT2D eigenvalue weighted by molar-refractivity contribution is -0.130. The molecule has 1 amide bonds. The Kier molecular flexibility index (Phi) is 3.72. The Bertz CT molecular complexity index is 174. The third-order valence-electron chi connectivity index (χ3n) is 3.12. The average Bonchev–Trinajstić information content (AvgIpc) is 2.17. The fourth-order valence-electron chi connectivity index (χ4n) is 1.97. The number of amides is 1. The molecule has 1 rings (SSSR count). The van der Waals surface area contributed by atoms with Crippen LogP contribution < -0.4 is 0 Å². The predicted molar refractivity (Wildman–Crippen MR) is 51.3 cm³/mol. The van der Waals surface area contributed by atoms with Gasteiger partial charge in [-0.05, 0) is 31.6 Å². The monoisotopic (exact) mass is 185 g/mol. The van der Waals surface area contributed by atoms with Crippen LogP contribution >= 0.6 is 0 Å². The number of aliphatic hydroxyl groups is 1. The summed E-state index contributed by atoms with van der Waals surface area (Å²) in [6.45, 7) is 1.91. The Hall–Kier alpha value is -0.570. The fraction of sp³-hybridized carbons (Fsp3) is 0.900. The van der Waals surface area contributed by atoms with Crippen molar-refractivity contribution in [1.82, 2.24) is 4.90 Å². The summed E-state index contributed by atoms with van der Waals surface area (Å²) in [5, 5.41) is 8.94. The first kappa shape index (κ1) is 10.5. The Morgan fingerprint density at radius 3 is 2.31 bits per heavy atom. The molecule has 3 nitrogen and oxygen atoms in total. The summed E-state index contributed by atoms with van der Waals surface area (Å²) >= 11 is 0. The van der Waals surface area contributed by atoms with Crippen LogP contribution in [-0.2, 0) is 4.79 Å². The van der Waals surface area contributed by atoms with Gasteiger partial charge in [-0.15, -0.1) is 0 Å². The van der Waals surface area contributed by atoms with Crippen molar-refractivity contribution in [2.75, 3.05) is 13.7 Å². The lowest BCUT2D eigenvalue weighted by Gasteiger charge is -2.33. The van der Waals surface area contributed by atoms with Crippen LogP contribution in [0.1, 0.15) is 32.6 Å². The Morgan fingerprint density at radius 2 is 1.92 bits per heavy atom. The number of hydrogen-bond donors (Lipinski definition) is 1. The summed E-state index contributed by atoms with van der Waals surface area (Å²) in [5.41, 5.74) is 0. The van der Waals surface area contributed by atoms with E-state index in [4.69, 9.17) is 5.11 Å². The maximum Gasteiger partial charge on any atom is 0.219 e. The summed E-state index contributed by atoms with van der Waals surface area (Å²) in [5.74, 6) is 0.615. The second kappa shape index (κ2) is 4.61. The van der Waals surface area contributed by atoms with Crippen LogP contribution in [0.15, 0.2) is 0 Å². The number of nitrogens with zero attached hydrogens (tertiary/aromatic N) is 1. The number of hydrogen-bond acceptors (Lipinski definition) is 2. The van der Waals surface area contributed by atoms with Crippen LogP contribution in [0.3, 0.4) is 0 Å². The third-order valence-corrected chi connectivity index (χ3v) is 3.12. The molecule has 0 aromatic rings. The van der Waals surface area contributed by atoms with Crippen LogP contribution in [0.4, 0.5) is 0 Å². The maximum absolute atomic E-state index is 11.1. The molecule has 3 heteroatoms. The first-order chi connectivity index (χ1) is 6.15. The molecule has 1 fully saturated rings. The van der Waals surface area contributed by atoms with Crippen LogP contribution in [0.2, 0.25) is 0 Å². The smallest absolute Gasteiger partial charge is 0.219 e. The van der Waals surface area contributed by atoms with Crippen LogP contribution in [-0.4, -0.2) is 35.6 Å². The minimum absolute atomic E-state index is 0.146. The molecule has 13 heavy (non-hydrogen) atoms. The molecule has 0 saturated heterocycles. The van der Waals surface area contributed by atoms with Gasteiger partial charge < -0.3 is 10.0 Å². The summed E-state index contributed by atoms with van der Waals surface area (Å²) < 4.78 is 0. The largest absolute Gasteiger partial charge is 0.396 e. The first-order valence-corrected chi connectivity index (χ1v) is 4.99. The van der Waals surface area contributed by atoms with E-state index in [1.165, 1.54) is 0 Å². The molecule has 0 heterocycles. The number of carbonyl (C=O) groups is 1. The van der Waals surface area contributed by atoms with E-state index < -0.39 is 0 Å². The average molecular weight is 185 g/mol. The van der Waals surface area contributed by atoms with Gasteiger partial charge in [0.05, 0.1) is 0 Å². The van der Waals surface area contributed by atoms with E-state index in [2.05, 4.69) is 0 Å². The molecule has 1 N–H and O–H groups in total.